The molecule has 0 amide bonds. The van der Waals surface area contributed by atoms with E-state index in [9.17, 15) is 8.78 Å². The van der Waals surface area contributed by atoms with Crippen LogP contribution in [0.15, 0.2) is 0 Å². The standard InChI is InChI=1S/C2H2F2O2.Cu/c3-1(4)2(5)6;/h1H,(H,5,6);. The zero-order valence-electron chi connectivity index (χ0n) is 2.99. The quantitative estimate of drug-likeness (QED) is 0.560. The van der Waals surface area contributed by atoms with Crippen molar-refractivity contribution >= 4 is 5.97 Å². The summed E-state index contributed by atoms with van der Waals surface area (Å²) in [5.41, 5.74) is 0. The minimum absolute atomic E-state index is 0. The smallest absolute Gasteiger partial charge is 0.371 e. The van der Waals surface area contributed by atoms with Crippen molar-refractivity contribution in [2.24, 2.45) is 0 Å². The van der Waals surface area contributed by atoms with Gasteiger partial charge in [0.05, 0.1) is 0 Å². The Labute approximate surface area is 49.0 Å². The van der Waals surface area contributed by atoms with Gasteiger partial charge in [0.25, 0.3) is 0 Å². The summed E-state index contributed by atoms with van der Waals surface area (Å²) in [7, 11) is 0. The van der Waals surface area contributed by atoms with E-state index in [4.69, 9.17) is 9.90 Å². The summed E-state index contributed by atoms with van der Waals surface area (Å²) in [6.45, 7) is 0. The molecule has 0 fully saturated rings. The molecule has 0 saturated carbocycles. The predicted molar refractivity (Wildman–Crippen MR) is 13.6 cm³/mol. The van der Waals surface area contributed by atoms with Crippen molar-refractivity contribution in [2.45, 2.75) is 6.43 Å². The van der Waals surface area contributed by atoms with E-state index in [0.29, 0.717) is 0 Å². The van der Waals surface area contributed by atoms with Crippen LogP contribution in [-0.2, 0) is 21.9 Å². The molecule has 0 aromatic rings. The van der Waals surface area contributed by atoms with E-state index in [1.54, 1.807) is 0 Å². The van der Waals surface area contributed by atoms with Gasteiger partial charge in [0.1, 0.15) is 0 Å². The summed E-state index contributed by atoms with van der Waals surface area (Å²) in [5, 5.41) is 7.24. The molecule has 2 nitrogen and oxygen atoms in total. The third-order valence-corrected chi connectivity index (χ3v) is 0.187. The Kier molecular flexibility index (Phi) is 5.72. The number of carbonyl (C=O) groups is 1. The Morgan fingerprint density at radius 1 is 1.57 bits per heavy atom. The van der Waals surface area contributed by atoms with Crippen molar-refractivity contribution in [1.29, 1.82) is 0 Å². The van der Waals surface area contributed by atoms with Gasteiger partial charge >= 0.3 is 12.4 Å². The summed E-state index contributed by atoms with van der Waals surface area (Å²) >= 11 is 0. The van der Waals surface area contributed by atoms with Crippen LogP contribution in [0.2, 0.25) is 0 Å². The van der Waals surface area contributed by atoms with Crippen LogP contribution in [0.4, 0.5) is 8.78 Å². The number of carboxylic acid groups (broad SMARTS) is 1. The number of halogens is 2. The summed E-state index contributed by atoms with van der Waals surface area (Å²) in [6.07, 6.45) is -3.23. The van der Waals surface area contributed by atoms with E-state index >= 15 is 0 Å². The first kappa shape index (κ1) is 9.97. The molecule has 1 radical (unpaired) electrons. The molecule has 0 unspecified atom stereocenters. The maximum atomic E-state index is 10.6. The second-order valence-corrected chi connectivity index (χ2v) is 0.639. The fraction of sp³-hybridized carbons (Fsp3) is 0.500. The molecule has 0 aromatic heterocycles. The summed E-state index contributed by atoms with van der Waals surface area (Å²) in [4.78, 5) is 8.95. The van der Waals surface area contributed by atoms with Gasteiger partial charge in [-0.3, -0.25) is 0 Å². The molecular formula is C2H2CuF2O2. The second-order valence-electron chi connectivity index (χ2n) is 0.639. The SMILES string of the molecule is O=C(O)C(F)F.[Cu]. The maximum Gasteiger partial charge on any atom is 0.371 e. The van der Waals surface area contributed by atoms with Crippen LogP contribution >= 0.6 is 0 Å². The summed E-state index contributed by atoms with van der Waals surface area (Å²) in [6, 6.07) is 0. The zero-order valence-corrected chi connectivity index (χ0v) is 3.93. The molecule has 7 heavy (non-hydrogen) atoms. The molecule has 47 valence electrons. The van der Waals surface area contributed by atoms with Crippen molar-refractivity contribution in [3.8, 4) is 0 Å². The van der Waals surface area contributed by atoms with Crippen LogP contribution in [0.25, 0.3) is 0 Å². The van der Waals surface area contributed by atoms with Crippen LogP contribution in [0.3, 0.4) is 0 Å². The van der Waals surface area contributed by atoms with Crippen molar-refractivity contribution in [1.82, 2.24) is 0 Å². The van der Waals surface area contributed by atoms with E-state index in [1.807, 2.05) is 0 Å². The number of aliphatic carboxylic acids is 1. The van der Waals surface area contributed by atoms with Crippen LogP contribution in [0, 0.1) is 0 Å². The summed E-state index contributed by atoms with van der Waals surface area (Å²) < 4.78 is 21.1. The molecule has 0 aromatic carbocycles. The van der Waals surface area contributed by atoms with Gasteiger partial charge in [0.2, 0.25) is 0 Å². The first-order valence-electron chi connectivity index (χ1n) is 1.15. The zero-order chi connectivity index (χ0) is 5.15. The van der Waals surface area contributed by atoms with Crippen molar-refractivity contribution in [2.75, 3.05) is 0 Å². The van der Waals surface area contributed by atoms with Gasteiger partial charge in [-0.05, 0) is 0 Å². The fourth-order valence-corrected chi connectivity index (χ4v) is 0. The molecule has 0 rings (SSSR count). The predicted octanol–water partition coefficient (Wildman–Crippen LogP) is 0.334. The molecule has 0 saturated heterocycles. The maximum absolute atomic E-state index is 10.6. The minimum atomic E-state index is -3.23. The average Bonchev–Trinajstić information content (AvgIpc) is 1.36. The minimum Gasteiger partial charge on any atom is -0.477 e. The Balaban J connectivity index is 0. The average molecular weight is 160 g/mol. The number of alkyl halides is 2. The van der Waals surface area contributed by atoms with E-state index in [0.717, 1.165) is 0 Å². The van der Waals surface area contributed by atoms with Gasteiger partial charge in [-0.1, -0.05) is 0 Å². The first-order chi connectivity index (χ1) is 2.64. The number of hydrogen-bond donors (Lipinski definition) is 1. The third-order valence-electron chi connectivity index (χ3n) is 0.187. The third kappa shape index (κ3) is 5.85. The monoisotopic (exact) mass is 159 g/mol. The Morgan fingerprint density at radius 2 is 1.71 bits per heavy atom. The fourth-order valence-electron chi connectivity index (χ4n) is 0. The van der Waals surface area contributed by atoms with E-state index in [-0.39, 0.29) is 17.1 Å². The van der Waals surface area contributed by atoms with Gasteiger partial charge in [-0.2, -0.15) is 8.78 Å². The van der Waals surface area contributed by atoms with Gasteiger partial charge < -0.3 is 5.11 Å². The molecule has 0 aliphatic rings. The molecule has 5 heteroatoms. The molecule has 1 N–H and O–H groups in total. The molecule has 0 aliphatic carbocycles. The molecule has 0 spiro atoms. The topological polar surface area (TPSA) is 37.3 Å². The Morgan fingerprint density at radius 3 is 1.71 bits per heavy atom. The van der Waals surface area contributed by atoms with Gasteiger partial charge in [-0.15, -0.1) is 0 Å². The molecule has 0 bridgehead atoms. The Hall–Kier alpha value is -0.151. The molecule has 0 heterocycles. The van der Waals surface area contributed by atoms with E-state index in [2.05, 4.69) is 0 Å². The number of rotatable bonds is 1. The largest absolute Gasteiger partial charge is 0.477 e. The normalized spacial score (nSPS) is 7.86. The van der Waals surface area contributed by atoms with Crippen LogP contribution < -0.4 is 0 Å². The van der Waals surface area contributed by atoms with E-state index < -0.39 is 12.4 Å². The second kappa shape index (κ2) is 4.02. The van der Waals surface area contributed by atoms with Crippen LogP contribution in [0.1, 0.15) is 0 Å². The molecule has 0 aliphatic heterocycles. The molecule has 0 atom stereocenters. The Bertz CT molecular complexity index is 64.7. The van der Waals surface area contributed by atoms with Crippen LogP contribution in [0.5, 0.6) is 0 Å². The number of hydrogen-bond acceptors (Lipinski definition) is 1. The van der Waals surface area contributed by atoms with Crippen molar-refractivity contribution < 1.29 is 35.8 Å². The number of carboxylic acids is 1. The van der Waals surface area contributed by atoms with Crippen molar-refractivity contribution in [3.63, 3.8) is 0 Å². The van der Waals surface area contributed by atoms with Crippen molar-refractivity contribution in [3.05, 3.63) is 0 Å². The van der Waals surface area contributed by atoms with Gasteiger partial charge in [0.15, 0.2) is 0 Å². The van der Waals surface area contributed by atoms with Gasteiger partial charge in [0, 0.05) is 17.1 Å². The van der Waals surface area contributed by atoms with Gasteiger partial charge in [-0.25, -0.2) is 4.79 Å². The first-order valence-corrected chi connectivity index (χ1v) is 1.15. The van der Waals surface area contributed by atoms with E-state index in [1.165, 1.54) is 0 Å². The van der Waals surface area contributed by atoms with Crippen LogP contribution in [-0.4, -0.2) is 17.5 Å². The summed E-state index contributed by atoms with van der Waals surface area (Å²) in [5.74, 6) is -2.07. The molecular weight excluding hydrogens is 158 g/mol.